The molecule has 1 amide bonds. The fourth-order valence-corrected chi connectivity index (χ4v) is 5.80. The number of alkyl halides is 5. The van der Waals surface area contributed by atoms with Crippen LogP contribution in [0.15, 0.2) is 12.1 Å². The smallest absolute Gasteiger partial charge is 0.414 e. The van der Waals surface area contributed by atoms with E-state index in [1.165, 1.54) is 12.1 Å². The van der Waals surface area contributed by atoms with E-state index in [-0.39, 0.29) is 58.1 Å². The van der Waals surface area contributed by atoms with Crippen molar-refractivity contribution < 1.29 is 36.6 Å². The Morgan fingerprint density at radius 1 is 1.22 bits per heavy atom. The number of fused-ring (bicyclic) bond motifs is 1. The first-order valence-electron chi connectivity index (χ1n) is 10.4. The molecule has 4 nitrogen and oxygen atoms in total. The van der Waals surface area contributed by atoms with Gasteiger partial charge in [-0.15, -0.1) is 0 Å². The Labute approximate surface area is 192 Å². The quantitative estimate of drug-likeness (QED) is 0.523. The van der Waals surface area contributed by atoms with Gasteiger partial charge in [0.1, 0.15) is 5.75 Å². The van der Waals surface area contributed by atoms with Crippen LogP contribution in [0.2, 0.25) is 10.0 Å². The van der Waals surface area contributed by atoms with Gasteiger partial charge < -0.3 is 14.7 Å². The SMILES string of the molecule is C[C@H]1[C@H]2CCC[C@@H]([C@H](O)C(F)(F)F)[C@@H]2CCN1C(=O)Cc1c(Cl)ccc(OC(F)F)c1Cl. The molecule has 3 rings (SSSR count). The third-order valence-electron chi connectivity index (χ3n) is 6.75. The highest BCUT2D eigenvalue weighted by molar-refractivity contribution is 6.37. The average Bonchev–Trinajstić information content (AvgIpc) is 2.71. The summed E-state index contributed by atoms with van der Waals surface area (Å²) in [5, 5.41) is 9.80. The van der Waals surface area contributed by atoms with Crippen molar-refractivity contribution in [2.45, 2.75) is 64.0 Å². The summed E-state index contributed by atoms with van der Waals surface area (Å²) in [7, 11) is 0. The Hall–Kier alpha value is -1.32. The molecular formula is C21H24Cl2F5NO3. The number of carbonyl (C=O) groups is 1. The Kier molecular flexibility index (Phi) is 7.82. The Morgan fingerprint density at radius 2 is 1.91 bits per heavy atom. The highest BCUT2D eigenvalue weighted by Crippen LogP contribution is 2.47. The normalized spacial score (nSPS) is 27.2. The minimum Gasteiger partial charge on any atom is -0.433 e. The van der Waals surface area contributed by atoms with E-state index in [1.54, 1.807) is 11.8 Å². The Bertz CT molecular complexity index is 838. The lowest BCUT2D eigenvalue weighted by Crippen LogP contribution is -2.55. The molecule has 1 aromatic rings. The molecule has 1 aliphatic heterocycles. The number of nitrogens with zero attached hydrogens (tertiary/aromatic N) is 1. The van der Waals surface area contributed by atoms with Crippen LogP contribution in [0, 0.1) is 17.8 Å². The molecule has 5 atom stereocenters. The van der Waals surface area contributed by atoms with Crippen LogP contribution in [0.5, 0.6) is 5.75 Å². The molecule has 0 spiro atoms. The van der Waals surface area contributed by atoms with E-state index in [9.17, 15) is 31.9 Å². The first kappa shape index (κ1) is 25.3. The van der Waals surface area contributed by atoms with Crippen molar-refractivity contribution in [3.63, 3.8) is 0 Å². The van der Waals surface area contributed by atoms with Gasteiger partial charge in [0.15, 0.2) is 6.10 Å². The highest BCUT2D eigenvalue weighted by atomic mass is 35.5. The van der Waals surface area contributed by atoms with Crippen molar-refractivity contribution in [3.05, 3.63) is 27.7 Å². The fraction of sp³-hybridized carbons (Fsp3) is 0.667. The van der Waals surface area contributed by atoms with Crippen molar-refractivity contribution in [3.8, 4) is 5.75 Å². The van der Waals surface area contributed by atoms with Crippen molar-refractivity contribution >= 4 is 29.1 Å². The number of benzene rings is 1. The number of carbonyl (C=O) groups excluding carboxylic acids is 1. The second-order valence-corrected chi connectivity index (χ2v) is 9.20. The Balaban J connectivity index is 1.75. The van der Waals surface area contributed by atoms with Crippen molar-refractivity contribution in [2.24, 2.45) is 17.8 Å². The number of aliphatic hydroxyl groups excluding tert-OH is 1. The van der Waals surface area contributed by atoms with E-state index in [1.807, 2.05) is 0 Å². The van der Waals surface area contributed by atoms with Crippen LogP contribution in [0.25, 0.3) is 0 Å². The summed E-state index contributed by atoms with van der Waals surface area (Å²) >= 11 is 12.3. The predicted molar refractivity (Wildman–Crippen MR) is 109 cm³/mol. The summed E-state index contributed by atoms with van der Waals surface area (Å²) in [6.45, 7) is -1.08. The maximum absolute atomic E-state index is 13.1. The van der Waals surface area contributed by atoms with Gasteiger partial charge in [-0.25, -0.2) is 0 Å². The summed E-state index contributed by atoms with van der Waals surface area (Å²) in [5.41, 5.74) is 0.153. The van der Waals surface area contributed by atoms with Crippen LogP contribution in [-0.2, 0) is 11.2 Å². The van der Waals surface area contributed by atoms with Gasteiger partial charge >= 0.3 is 12.8 Å². The lowest BCUT2D eigenvalue weighted by Gasteiger charge is -2.50. The van der Waals surface area contributed by atoms with Crippen LogP contribution in [0.4, 0.5) is 22.0 Å². The summed E-state index contributed by atoms with van der Waals surface area (Å²) in [4.78, 5) is 14.6. The third-order valence-corrected chi connectivity index (χ3v) is 7.51. The highest BCUT2D eigenvalue weighted by Gasteiger charge is 2.51. The molecular weight excluding hydrogens is 480 g/mol. The molecule has 1 aliphatic carbocycles. The number of halogens is 7. The standard InChI is InChI=1S/C21H24Cl2F5NO3/c1-10-11-3-2-4-13(19(31)21(26,27)28)12(11)7-8-29(10)17(30)9-14-15(22)5-6-16(18(14)23)32-20(24)25/h5-6,10-13,19-20,31H,2-4,7-9H2,1H3/t10-,11+,12+,13+,19-/m0/s1. The van der Waals surface area contributed by atoms with Gasteiger partial charge in [0.25, 0.3) is 0 Å². The maximum atomic E-state index is 13.1. The molecule has 0 aromatic heterocycles. The Morgan fingerprint density at radius 3 is 2.53 bits per heavy atom. The molecule has 1 N–H and O–H groups in total. The van der Waals surface area contributed by atoms with Gasteiger partial charge in [-0.3, -0.25) is 4.79 Å². The first-order chi connectivity index (χ1) is 14.9. The average molecular weight is 504 g/mol. The molecule has 2 aliphatic rings. The van der Waals surface area contributed by atoms with Crippen LogP contribution in [0.1, 0.15) is 38.2 Å². The maximum Gasteiger partial charge on any atom is 0.414 e. The molecule has 2 fully saturated rings. The fourth-order valence-electron chi connectivity index (χ4n) is 5.25. The number of rotatable bonds is 5. The molecule has 0 radical (unpaired) electrons. The summed E-state index contributed by atoms with van der Waals surface area (Å²) in [6.07, 6.45) is -5.47. The number of hydrogen-bond donors (Lipinski definition) is 1. The molecule has 32 heavy (non-hydrogen) atoms. The third kappa shape index (κ3) is 5.25. The molecule has 0 bridgehead atoms. The molecule has 11 heteroatoms. The van der Waals surface area contributed by atoms with Gasteiger partial charge in [0.05, 0.1) is 11.4 Å². The lowest BCUT2D eigenvalue weighted by molar-refractivity contribution is -0.233. The number of piperidine rings is 1. The van der Waals surface area contributed by atoms with Gasteiger partial charge in [0, 0.05) is 23.2 Å². The molecule has 1 heterocycles. The van der Waals surface area contributed by atoms with E-state index in [2.05, 4.69) is 4.74 Å². The second-order valence-electron chi connectivity index (χ2n) is 8.42. The molecule has 1 aromatic carbocycles. The zero-order valence-electron chi connectivity index (χ0n) is 17.2. The zero-order chi connectivity index (χ0) is 23.8. The lowest BCUT2D eigenvalue weighted by atomic mass is 9.64. The predicted octanol–water partition coefficient (Wildman–Crippen LogP) is 5.71. The van der Waals surface area contributed by atoms with Crippen LogP contribution in [-0.4, -0.2) is 47.4 Å². The first-order valence-corrected chi connectivity index (χ1v) is 11.1. The van der Waals surface area contributed by atoms with Crippen LogP contribution in [0.3, 0.4) is 0 Å². The summed E-state index contributed by atoms with van der Waals surface area (Å²) in [5.74, 6) is -2.05. The minimum atomic E-state index is -4.68. The summed E-state index contributed by atoms with van der Waals surface area (Å²) < 4.78 is 68.9. The van der Waals surface area contributed by atoms with E-state index < -0.39 is 24.8 Å². The zero-order valence-corrected chi connectivity index (χ0v) is 18.7. The van der Waals surface area contributed by atoms with E-state index in [0.29, 0.717) is 25.7 Å². The molecule has 1 saturated carbocycles. The van der Waals surface area contributed by atoms with Gasteiger partial charge in [0.2, 0.25) is 5.91 Å². The van der Waals surface area contributed by atoms with Crippen LogP contribution < -0.4 is 4.74 Å². The summed E-state index contributed by atoms with van der Waals surface area (Å²) in [6, 6.07) is 2.16. The van der Waals surface area contributed by atoms with E-state index >= 15 is 0 Å². The number of hydrogen-bond acceptors (Lipinski definition) is 3. The van der Waals surface area contributed by atoms with Gasteiger partial charge in [-0.05, 0) is 56.1 Å². The van der Waals surface area contributed by atoms with Crippen molar-refractivity contribution in [1.82, 2.24) is 4.90 Å². The minimum absolute atomic E-state index is 0.124. The van der Waals surface area contributed by atoms with Gasteiger partial charge in [-0.2, -0.15) is 22.0 Å². The topological polar surface area (TPSA) is 49.8 Å². The number of amides is 1. The second kappa shape index (κ2) is 9.89. The van der Waals surface area contributed by atoms with E-state index in [0.717, 1.165) is 0 Å². The van der Waals surface area contributed by atoms with Gasteiger partial charge in [-0.1, -0.05) is 29.6 Å². The van der Waals surface area contributed by atoms with Crippen molar-refractivity contribution in [1.29, 1.82) is 0 Å². The van der Waals surface area contributed by atoms with Crippen molar-refractivity contribution in [2.75, 3.05) is 6.54 Å². The molecule has 180 valence electrons. The number of ether oxygens (including phenoxy) is 1. The number of aliphatic hydroxyl groups is 1. The van der Waals surface area contributed by atoms with Crippen LogP contribution >= 0.6 is 23.2 Å². The van der Waals surface area contributed by atoms with E-state index in [4.69, 9.17) is 23.2 Å². The largest absolute Gasteiger partial charge is 0.433 e. The monoisotopic (exact) mass is 503 g/mol. The molecule has 1 saturated heterocycles. The molecule has 0 unspecified atom stereocenters. The number of likely N-dealkylation sites (tertiary alicyclic amines) is 1.